The van der Waals surface area contributed by atoms with Gasteiger partial charge in [-0.1, -0.05) is 36.0 Å². The molecule has 0 aliphatic heterocycles. The van der Waals surface area contributed by atoms with E-state index in [-0.39, 0.29) is 5.82 Å². The number of fused-ring (bicyclic) bond motifs is 1. The molecule has 0 saturated carbocycles. The van der Waals surface area contributed by atoms with E-state index in [4.69, 9.17) is 0 Å². The average molecular weight is 350 g/mol. The van der Waals surface area contributed by atoms with Crippen LogP contribution in [-0.2, 0) is 5.75 Å². The fourth-order valence-electron chi connectivity index (χ4n) is 2.55. The number of aryl methyl sites for hydroxylation is 1. The van der Waals surface area contributed by atoms with E-state index in [1.54, 1.807) is 28.4 Å². The highest BCUT2D eigenvalue weighted by Crippen LogP contribution is 2.24. The molecule has 124 valence electrons. The Morgan fingerprint density at radius 2 is 1.76 bits per heavy atom. The molecule has 4 nitrogen and oxygen atoms in total. The summed E-state index contributed by atoms with van der Waals surface area (Å²) < 4.78 is 14.9. The first-order chi connectivity index (χ1) is 12.2. The van der Waals surface area contributed by atoms with Crippen LogP contribution in [0.5, 0.6) is 0 Å². The lowest BCUT2D eigenvalue weighted by Gasteiger charge is -2.05. The molecule has 0 N–H and O–H groups in total. The largest absolute Gasteiger partial charge is 0.212 e. The zero-order valence-electron chi connectivity index (χ0n) is 13.6. The van der Waals surface area contributed by atoms with Crippen LogP contribution in [0.4, 0.5) is 4.39 Å². The molecule has 0 radical (unpaired) electrons. The number of benzene rings is 2. The number of aromatic nitrogens is 4. The zero-order valence-corrected chi connectivity index (χ0v) is 14.4. The molecule has 0 bridgehead atoms. The smallest absolute Gasteiger partial charge is 0.207 e. The van der Waals surface area contributed by atoms with Gasteiger partial charge in [-0.15, -0.1) is 10.2 Å². The highest BCUT2D eigenvalue weighted by Gasteiger charge is 2.10. The number of hydrogen-bond donors (Lipinski definition) is 0. The number of hydrogen-bond acceptors (Lipinski definition) is 4. The van der Waals surface area contributed by atoms with Gasteiger partial charge in [0, 0.05) is 11.3 Å². The fourth-order valence-corrected chi connectivity index (χ4v) is 3.51. The van der Waals surface area contributed by atoms with Crippen molar-refractivity contribution < 1.29 is 4.39 Å². The summed E-state index contributed by atoms with van der Waals surface area (Å²) >= 11 is 1.60. The second-order valence-corrected chi connectivity index (χ2v) is 6.64. The van der Waals surface area contributed by atoms with Gasteiger partial charge in [0.2, 0.25) is 5.16 Å². The number of thioether (sulfide) groups is 1. The van der Waals surface area contributed by atoms with Crippen LogP contribution in [0.25, 0.3) is 16.9 Å². The van der Waals surface area contributed by atoms with Gasteiger partial charge in [0.1, 0.15) is 5.82 Å². The number of nitrogens with zero attached hydrogens (tertiary/aromatic N) is 4. The lowest BCUT2D eigenvalue weighted by Crippen LogP contribution is -1.97. The Morgan fingerprint density at radius 3 is 2.56 bits per heavy atom. The molecule has 2 aromatic carbocycles. The summed E-state index contributed by atoms with van der Waals surface area (Å²) in [6.07, 6.45) is 0. The van der Waals surface area contributed by atoms with Gasteiger partial charge >= 0.3 is 0 Å². The van der Waals surface area contributed by atoms with E-state index in [9.17, 15) is 4.39 Å². The molecule has 25 heavy (non-hydrogen) atoms. The minimum Gasteiger partial charge on any atom is -0.207 e. The molecule has 0 atom stereocenters. The Morgan fingerprint density at radius 1 is 0.960 bits per heavy atom. The molecule has 0 unspecified atom stereocenters. The van der Waals surface area contributed by atoms with Gasteiger partial charge in [-0.3, -0.25) is 0 Å². The third-order valence-electron chi connectivity index (χ3n) is 3.99. The van der Waals surface area contributed by atoms with Crippen molar-refractivity contribution in [3.8, 4) is 11.3 Å². The van der Waals surface area contributed by atoms with Crippen molar-refractivity contribution in [3.05, 3.63) is 77.6 Å². The van der Waals surface area contributed by atoms with Crippen LogP contribution in [0.1, 0.15) is 11.1 Å². The molecular formula is C19H15FN4S. The lowest BCUT2D eigenvalue weighted by atomic mass is 10.1. The molecule has 0 amide bonds. The molecule has 0 spiro atoms. The summed E-state index contributed by atoms with van der Waals surface area (Å²) in [5.41, 5.74) is 4.82. The van der Waals surface area contributed by atoms with Crippen molar-refractivity contribution in [3.63, 3.8) is 0 Å². The summed E-state index contributed by atoms with van der Waals surface area (Å²) in [4.78, 5) is 0. The second-order valence-electron chi connectivity index (χ2n) is 5.69. The third kappa shape index (κ3) is 3.25. The van der Waals surface area contributed by atoms with Crippen LogP contribution in [0, 0.1) is 12.7 Å². The van der Waals surface area contributed by atoms with E-state index >= 15 is 0 Å². The minimum absolute atomic E-state index is 0.261. The van der Waals surface area contributed by atoms with Crippen LogP contribution >= 0.6 is 11.8 Å². The first kappa shape index (κ1) is 15.8. The summed E-state index contributed by atoms with van der Waals surface area (Å²) in [5, 5.41) is 13.8. The van der Waals surface area contributed by atoms with Gasteiger partial charge in [-0.2, -0.15) is 9.61 Å². The van der Waals surface area contributed by atoms with Crippen LogP contribution < -0.4 is 0 Å². The topological polar surface area (TPSA) is 43.1 Å². The summed E-state index contributed by atoms with van der Waals surface area (Å²) in [6.45, 7) is 2.10. The highest BCUT2D eigenvalue weighted by atomic mass is 32.2. The first-order valence-electron chi connectivity index (χ1n) is 7.86. The molecule has 4 aromatic rings. The Hall–Kier alpha value is -2.73. The molecule has 0 saturated heterocycles. The molecule has 6 heteroatoms. The third-order valence-corrected chi connectivity index (χ3v) is 4.96. The van der Waals surface area contributed by atoms with E-state index in [1.807, 2.05) is 24.3 Å². The van der Waals surface area contributed by atoms with Crippen molar-refractivity contribution in [2.75, 3.05) is 0 Å². The first-order valence-corrected chi connectivity index (χ1v) is 8.85. The van der Waals surface area contributed by atoms with Crippen LogP contribution in [0.2, 0.25) is 0 Å². The molecule has 0 aliphatic rings. The van der Waals surface area contributed by atoms with E-state index in [1.165, 1.54) is 23.3 Å². The SMILES string of the molecule is Cc1ccccc1CSc1nnc2ccc(-c3ccc(F)cc3)nn12. The minimum atomic E-state index is -0.261. The van der Waals surface area contributed by atoms with E-state index < -0.39 is 0 Å². The van der Waals surface area contributed by atoms with Crippen LogP contribution in [-0.4, -0.2) is 19.8 Å². The fraction of sp³-hybridized carbons (Fsp3) is 0.105. The van der Waals surface area contributed by atoms with Crippen molar-refractivity contribution in [1.29, 1.82) is 0 Å². The van der Waals surface area contributed by atoms with Gasteiger partial charge in [-0.25, -0.2) is 4.39 Å². The summed E-state index contributed by atoms with van der Waals surface area (Å²) in [6, 6.07) is 18.3. The van der Waals surface area contributed by atoms with Crippen LogP contribution in [0.15, 0.2) is 65.8 Å². The van der Waals surface area contributed by atoms with Gasteiger partial charge in [0.05, 0.1) is 5.69 Å². The average Bonchev–Trinajstić information content (AvgIpc) is 3.04. The van der Waals surface area contributed by atoms with E-state index in [2.05, 4.69) is 34.4 Å². The maximum Gasteiger partial charge on any atom is 0.212 e. The van der Waals surface area contributed by atoms with Gasteiger partial charge in [-0.05, 0) is 54.4 Å². The lowest BCUT2D eigenvalue weighted by molar-refractivity contribution is 0.628. The van der Waals surface area contributed by atoms with Gasteiger partial charge in [0.15, 0.2) is 5.65 Å². The molecule has 2 heterocycles. The Labute approximate surface area is 148 Å². The Bertz CT molecular complexity index is 1030. The standard InChI is InChI=1S/C19H15FN4S/c1-13-4-2-3-5-15(13)12-25-19-22-21-18-11-10-17(23-24(18)19)14-6-8-16(20)9-7-14/h2-11H,12H2,1H3. The molecule has 4 rings (SSSR count). The predicted octanol–water partition coefficient (Wildman–Crippen LogP) is 4.53. The Kier molecular flexibility index (Phi) is 4.19. The predicted molar refractivity (Wildman–Crippen MR) is 96.9 cm³/mol. The summed E-state index contributed by atoms with van der Waals surface area (Å²) in [7, 11) is 0. The maximum absolute atomic E-state index is 13.1. The van der Waals surface area contributed by atoms with E-state index in [0.717, 1.165) is 22.2 Å². The number of halogens is 1. The van der Waals surface area contributed by atoms with Gasteiger partial charge in [0.25, 0.3) is 0 Å². The Balaban J connectivity index is 1.64. The quantitative estimate of drug-likeness (QED) is 0.507. The van der Waals surface area contributed by atoms with Crippen molar-refractivity contribution in [2.45, 2.75) is 17.8 Å². The van der Waals surface area contributed by atoms with Crippen molar-refractivity contribution >= 4 is 17.4 Å². The molecular weight excluding hydrogens is 335 g/mol. The summed E-state index contributed by atoms with van der Waals surface area (Å²) in [5.74, 6) is 0.541. The molecule has 2 aromatic heterocycles. The van der Waals surface area contributed by atoms with Crippen molar-refractivity contribution in [2.24, 2.45) is 0 Å². The monoisotopic (exact) mass is 350 g/mol. The highest BCUT2D eigenvalue weighted by molar-refractivity contribution is 7.98. The molecule has 0 aliphatic carbocycles. The second kappa shape index (κ2) is 6.64. The maximum atomic E-state index is 13.1. The number of rotatable bonds is 4. The normalized spacial score (nSPS) is 11.1. The van der Waals surface area contributed by atoms with Crippen LogP contribution in [0.3, 0.4) is 0 Å². The zero-order chi connectivity index (χ0) is 17.2. The van der Waals surface area contributed by atoms with E-state index in [0.29, 0.717) is 5.65 Å². The molecule has 0 fully saturated rings. The van der Waals surface area contributed by atoms with Gasteiger partial charge < -0.3 is 0 Å². The van der Waals surface area contributed by atoms with Crippen molar-refractivity contribution in [1.82, 2.24) is 19.8 Å².